The van der Waals surface area contributed by atoms with E-state index in [0.29, 0.717) is 6.42 Å². The normalized spacial score (nSPS) is 21.8. The van der Waals surface area contributed by atoms with Crippen molar-refractivity contribution in [1.29, 1.82) is 0 Å². The van der Waals surface area contributed by atoms with Gasteiger partial charge < -0.3 is 5.73 Å². The lowest BCUT2D eigenvalue weighted by atomic mass is 9.91. The molecule has 0 radical (unpaired) electrons. The minimum atomic E-state index is -0.0326. The first-order valence-corrected chi connectivity index (χ1v) is 4.41. The van der Waals surface area contributed by atoms with Gasteiger partial charge >= 0.3 is 0 Å². The third-order valence-electron chi connectivity index (χ3n) is 2.52. The number of ketones is 1. The molecular weight excluding hydrogens is 166 g/mol. The second-order valence-electron chi connectivity index (χ2n) is 3.62. The number of carbonyl (C=O) groups is 1. The van der Waals surface area contributed by atoms with Crippen molar-refractivity contribution in [3.05, 3.63) is 17.0 Å². The van der Waals surface area contributed by atoms with Crippen molar-refractivity contribution >= 4 is 5.78 Å². The third kappa shape index (κ3) is 1.18. The van der Waals surface area contributed by atoms with Crippen molar-refractivity contribution in [2.24, 2.45) is 12.8 Å². The molecule has 1 aliphatic carbocycles. The molecule has 0 aromatic carbocycles. The molecule has 13 heavy (non-hydrogen) atoms. The molecule has 70 valence electrons. The molecule has 0 amide bonds. The van der Waals surface area contributed by atoms with Crippen LogP contribution in [0.3, 0.4) is 0 Å². The van der Waals surface area contributed by atoms with Crippen molar-refractivity contribution in [1.82, 2.24) is 9.78 Å². The van der Waals surface area contributed by atoms with Crippen molar-refractivity contribution in [3.8, 4) is 0 Å². The minimum Gasteiger partial charge on any atom is -0.327 e. The molecule has 0 aliphatic heterocycles. The molecule has 1 aliphatic rings. The van der Waals surface area contributed by atoms with Gasteiger partial charge in [-0.25, -0.2) is 0 Å². The first-order valence-electron chi connectivity index (χ1n) is 4.41. The number of aryl methyl sites for hydroxylation is 2. The average molecular weight is 179 g/mol. The maximum Gasteiger partial charge on any atom is 0.168 e. The number of Topliss-reactive ketones (excluding diaryl/α,β-unsaturated/α-hetero) is 1. The predicted octanol–water partition coefficient (Wildman–Crippen LogP) is 0.185. The monoisotopic (exact) mass is 179 g/mol. The van der Waals surface area contributed by atoms with Gasteiger partial charge in [0.05, 0.1) is 17.0 Å². The maximum absolute atomic E-state index is 11.6. The SMILES string of the molecule is Cc1nn(C)c2c1C(=O)CC(N)C2. The first-order chi connectivity index (χ1) is 6.09. The van der Waals surface area contributed by atoms with Crippen molar-refractivity contribution in [2.75, 3.05) is 0 Å². The van der Waals surface area contributed by atoms with Gasteiger partial charge in [-0.3, -0.25) is 9.48 Å². The molecular formula is C9H13N3O. The van der Waals surface area contributed by atoms with Crippen LogP contribution in [0.4, 0.5) is 0 Å². The second kappa shape index (κ2) is 2.67. The molecule has 0 spiro atoms. The van der Waals surface area contributed by atoms with E-state index in [-0.39, 0.29) is 11.8 Å². The lowest BCUT2D eigenvalue weighted by Gasteiger charge is -2.17. The predicted molar refractivity (Wildman–Crippen MR) is 48.6 cm³/mol. The van der Waals surface area contributed by atoms with Crippen LogP contribution < -0.4 is 5.73 Å². The van der Waals surface area contributed by atoms with Crippen LogP contribution in [0.5, 0.6) is 0 Å². The number of nitrogens with zero attached hydrogens (tertiary/aromatic N) is 2. The molecule has 0 saturated carbocycles. The summed E-state index contributed by atoms with van der Waals surface area (Å²) >= 11 is 0. The van der Waals surface area contributed by atoms with E-state index in [0.717, 1.165) is 23.4 Å². The Morgan fingerprint density at radius 2 is 2.23 bits per heavy atom. The number of aromatic nitrogens is 2. The molecule has 0 fully saturated rings. The summed E-state index contributed by atoms with van der Waals surface area (Å²) in [6.45, 7) is 1.87. The second-order valence-corrected chi connectivity index (χ2v) is 3.62. The van der Waals surface area contributed by atoms with Crippen molar-refractivity contribution in [2.45, 2.75) is 25.8 Å². The van der Waals surface area contributed by atoms with E-state index in [1.54, 1.807) is 4.68 Å². The zero-order valence-corrected chi connectivity index (χ0v) is 7.87. The number of carbonyl (C=O) groups excluding carboxylic acids is 1. The quantitative estimate of drug-likeness (QED) is 0.618. The van der Waals surface area contributed by atoms with Gasteiger partial charge in [0.1, 0.15) is 0 Å². The zero-order valence-electron chi connectivity index (χ0n) is 7.87. The summed E-state index contributed by atoms with van der Waals surface area (Å²) in [6.07, 6.45) is 1.22. The number of hydrogen-bond acceptors (Lipinski definition) is 3. The summed E-state index contributed by atoms with van der Waals surface area (Å²) in [5.41, 5.74) is 8.37. The molecule has 1 aromatic heterocycles. The van der Waals surface area contributed by atoms with E-state index in [9.17, 15) is 4.79 Å². The van der Waals surface area contributed by atoms with Gasteiger partial charge in [-0.15, -0.1) is 0 Å². The van der Waals surface area contributed by atoms with Gasteiger partial charge in [-0.2, -0.15) is 5.10 Å². The molecule has 0 saturated heterocycles. The molecule has 1 heterocycles. The van der Waals surface area contributed by atoms with Crippen LogP contribution in [0, 0.1) is 6.92 Å². The number of fused-ring (bicyclic) bond motifs is 1. The maximum atomic E-state index is 11.6. The number of rotatable bonds is 0. The van der Waals surface area contributed by atoms with Crippen molar-refractivity contribution in [3.63, 3.8) is 0 Å². The Kier molecular flexibility index (Phi) is 1.73. The summed E-state index contributed by atoms with van der Waals surface area (Å²) in [6, 6.07) is -0.0326. The van der Waals surface area contributed by atoms with Gasteiger partial charge in [0, 0.05) is 25.9 Å². The van der Waals surface area contributed by atoms with Crippen LogP contribution in [0.25, 0.3) is 0 Å². The van der Waals surface area contributed by atoms with E-state index in [2.05, 4.69) is 5.10 Å². The van der Waals surface area contributed by atoms with E-state index in [4.69, 9.17) is 5.73 Å². The largest absolute Gasteiger partial charge is 0.327 e. The summed E-state index contributed by atoms with van der Waals surface area (Å²) in [7, 11) is 1.86. The van der Waals surface area contributed by atoms with E-state index in [1.165, 1.54) is 0 Å². The van der Waals surface area contributed by atoms with Gasteiger partial charge in [0.2, 0.25) is 0 Å². The lowest BCUT2D eigenvalue weighted by Crippen LogP contribution is -2.32. The van der Waals surface area contributed by atoms with Crippen LogP contribution in [-0.2, 0) is 13.5 Å². The number of hydrogen-bond donors (Lipinski definition) is 1. The Balaban J connectivity index is 2.57. The smallest absolute Gasteiger partial charge is 0.168 e. The Morgan fingerprint density at radius 1 is 1.54 bits per heavy atom. The highest BCUT2D eigenvalue weighted by Crippen LogP contribution is 2.22. The van der Waals surface area contributed by atoms with E-state index < -0.39 is 0 Å². The zero-order chi connectivity index (χ0) is 9.59. The fourth-order valence-electron chi connectivity index (χ4n) is 1.96. The Morgan fingerprint density at radius 3 is 2.92 bits per heavy atom. The summed E-state index contributed by atoms with van der Waals surface area (Å²) in [5, 5.41) is 4.22. The molecule has 4 heteroatoms. The van der Waals surface area contributed by atoms with Gasteiger partial charge in [0.25, 0.3) is 0 Å². The first kappa shape index (κ1) is 8.44. The molecule has 1 atom stereocenters. The number of nitrogens with two attached hydrogens (primary N) is 1. The van der Waals surface area contributed by atoms with Crippen LogP contribution in [-0.4, -0.2) is 21.6 Å². The van der Waals surface area contributed by atoms with Crippen LogP contribution >= 0.6 is 0 Å². The molecule has 4 nitrogen and oxygen atoms in total. The van der Waals surface area contributed by atoms with E-state index in [1.807, 2.05) is 14.0 Å². The van der Waals surface area contributed by atoms with Crippen LogP contribution in [0.15, 0.2) is 0 Å². The van der Waals surface area contributed by atoms with Crippen molar-refractivity contribution < 1.29 is 4.79 Å². The molecule has 1 aromatic rings. The molecule has 2 rings (SSSR count). The summed E-state index contributed by atoms with van der Waals surface area (Å²) in [5.74, 6) is 0.138. The highest BCUT2D eigenvalue weighted by molar-refractivity contribution is 5.99. The van der Waals surface area contributed by atoms with Gasteiger partial charge in [-0.05, 0) is 6.92 Å². The topological polar surface area (TPSA) is 60.9 Å². The minimum absolute atomic E-state index is 0.0326. The third-order valence-corrected chi connectivity index (χ3v) is 2.52. The summed E-state index contributed by atoms with van der Waals surface area (Å²) in [4.78, 5) is 11.6. The summed E-state index contributed by atoms with van der Waals surface area (Å²) < 4.78 is 1.77. The van der Waals surface area contributed by atoms with Crippen LogP contribution in [0.2, 0.25) is 0 Å². The fraction of sp³-hybridized carbons (Fsp3) is 0.556. The Labute approximate surface area is 76.7 Å². The fourth-order valence-corrected chi connectivity index (χ4v) is 1.96. The Hall–Kier alpha value is -1.16. The van der Waals surface area contributed by atoms with Gasteiger partial charge in [-0.1, -0.05) is 0 Å². The highest BCUT2D eigenvalue weighted by Gasteiger charge is 2.27. The Bertz CT molecular complexity index is 367. The highest BCUT2D eigenvalue weighted by atomic mass is 16.1. The van der Waals surface area contributed by atoms with Crippen LogP contribution in [0.1, 0.15) is 28.2 Å². The standard InChI is InChI=1S/C9H13N3O/c1-5-9-7(12(2)11-5)3-6(10)4-8(9)13/h6H,3-4,10H2,1-2H3. The average Bonchev–Trinajstić information content (AvgIpc) is 2.27. The van der Waals surface area contributed by atoms with Gasteiger partial charge in [0.15, 0.2) is 5.78 Å². The molecule has 2 N–H and O–H groups in total. The van der Waals surface area contributed by atoms with E-state index >= 15 is 0 Å². The molecule has 0 bridgehead atoms. The lowest BCUT2D eigenvalue weighted by molar-refractivity contribution is 0.0964. The molecule has 1 unspecified atom stereocenters.